The van der Waals surface area contributed by atoms with E-state index < -0.39 is 10.0 Å². The lowest BCUT2D eigenvalue weighted by Gasteiger charge is -2.21. The number of halogens is 1. The monoisotopic (exact) mass is 289 g/mol. The van der Waals surface area contributed by atoms with E-state index in [1.165, 1.54) is 4.31 Å². The number of hydrogen-bond donors (Lipinski definition) is 0. The SMILES string of the molecule is CCN(CCCCl)S(=O)(=O)c1ccc(C)cc1C. The van der Waals surface area contributed by atoms with Gasteiger partial charge < -0.3 is 0 Å². The van der Waals surface area contributed by atoms with Gasteiger partial charge in [0.25, 0.3) is 0 Å². The van der Waals surface area contributed by atoms with Crippen LogP contribution in [0.15, 0.2) is 23.1 Å². The van der Waals surface area contributed by atoms with Crippen molar-refractivity contribution in [1.82, 2.24) is 4.31 Å². The van der Waals surface area contributed by atoms with Crippen LogP contribution in [0, 0.1) is 13.8 Å². The summed E-state index contributed by atoms with van der Waals surface area (Å²) in [5.74, 6) is 0.471. The number of nitrogens with zero attached hydrogens (tertiary/aromatic N) is 1. The Bertz CT molecular complexity index is 500. The van der Waals surface area contributed by atoms with Gasteiger partial charge >= 0.3 is 0 Å². The number of aryl methyl sites for hydroxylation is 2. The van der Waals surface area contributed by atoms with E-state index in [4.69, 9.17) is 11.6 Å². The Morgan fingerprint density at radius 1 is 1.28 bits per heavy atom. The average Bonchev–Trinajstić information content (AvgIpc) is 2.29. The maximum absolute atomic E-state index is 12.5. The summed E-state index contributed by atoms with van der Waals surface area (Å²) < 4.78 is 26.4. The molecule has 0 aliphatic carbocycles. The van der Waals surface area contributed by atoms with Crippen LogP contribution in [0.2, 0.25) is 0 Å². The number of alkyl halides is 1. The van der Waals surface area contributed by atoms with Crippen LogP contribution >= 0.6 is 11.6 Å². The van der Waals surface area contributed by atoms with Gasteiger partial charge in [0.1, 0.15) is 0 Å². The predicted octanol–water partition coefficient (Wildman–Crippen LogP) is 2.94. The molecule has 0 fully saturated rings. The van der Waals surface area contributed by atoms with Crippen molar-refractivity contribution in [2.45, 2.75) is 32.1 Å². The van der Waals surface area contributed by atoms with Gasteiger partial charge in [-0.05, 0) is 31.9 Å². The van der Waals surface area contributed by atoms with Crippen molar-refractivity contribution >= 4 is 21.6 Å². The molecule has 1 aromatic rings. The van der Waals surface area contributed by atoms with Crippen molar-refractivity contribution in [2.75, 3.05) is 19.0 Å². The topological polar surface area (TPSA) is 37.4 Å². The van der Waals surface area contributed by atoms with E-state index in [9.17, 15) is 8.42 Å². The second-order valence-electron chi connectivity index (χ2n) is 4.31. The van der Waals surface area contributed by atoms with Gasteiger partial charge in [-0.3, -0.25) is 0 Å². The molecule has 5 heteroatoms. The molecule has 0 aliphatic rings. The molecule has 0 spiro atoms. The lowest BCUT2D eigenvalue weighted by Crippen LogP contribution is -2.32. The van der Waals surface area contributed by atoms with Crippen molar-refractivity contribution in [3.63, 3.8) is 0 Å². The van der Waals surface area contributed by atoms with E-state index in [0.717, 1.165) is 11.1 Å². The molecule has 0 atom stereocenters. The molecule has 1 rings (SSSR count). The molecule has 102 valence electrons. The van der Waals surface area contributed by atoms with Crippen LogP contribution in [-0.4, -0.2) is 31.7 Å². The molecule has 0 aromatic heterocycles. The summed E-state index contributed by atoms with van der Waals surface area (Å²) in [5, 5.41) is 0. The third kappa shape index (κ3) is 3.46. The summed E-state index contributed by atoms with van der Waals surface area (Å²) in [4.78, 5) is 0.393. The van der Waals surface area contributed by atoms with Gasteiger partial charge in [-0.15, -0.1) is 11.6 Å². The van der Waals surface area contributed by atoms with E-state index in [1.54, 1.807) is 6.07 Å². The molecule has 0 radical (unpaired) electrons. The zero-order chi connectivity index (χ0) is 13.8. The highest BCUT2D eigenvalue weighted by atomic mass is 35.5. The minimum Gasteiger partial charge on any atom is -0.207 e. The highest BCUT2D eigenvalue weighted by Gasteiger charge is 2.24. The molecular weight excluding hydrogens is 270 g/mol. The Morgan fingerprint density at radius 3 is 2.44 bits per heavy atom. The minimum atomic E-state index is -3.40. The number of rotatable bonds is 6. The fourth-order valence-corrected chi connectivity index (χ4v) is 3.73. The zero-order valence-corrected chi connectivity index (χ0v) is 12.7. The molecule has 0 unspecified atom stereocenters. The van der Waals surface area contributed by atoms with Gasteiger partial charge in [-0.25, -0.2) is 8.42 Å². The third-order valence-corrected chi connectivity index (χ3v) is 5.24. The molecule has 18 heavy (non-hydrogen) atoms. The predicted molar refractivity (Wildman–Crippen MR) is 75.7 cm³/mol. The largest absolute Gasteiger partial charge is 0.243 e. The molecule has 0 N–H and O–H groups in total. The van der Waals surface area contributed by atoms with Crippen LogP contribution in [0.4, 0.5) is 0 Å². The van der Waals surface area contributed by atoms with Gasteiger partial charge in [-0.2, -0.15) is 4.31 Å². The van der Waals surface area contributed by atoms with Crippen molar-refractivity contribution in [2.24, 2.45) is 0 Å². The molecule has 3 nitrogen and oxygen atoms in total. The second-order valence-corrected chi connectivity index (χ2v) is 6.59. The quantitative estimate of drug-likeness (QED) is 0.755. The summed E-state index contributed by atoms with van der Waals surface area (Å²) in [6, 6.07) is 5.40. The first kappa shape index (κ1) is 15.5. The first-order chi connectivity index (χ1) is 8.43. The molecule has 0 heterocycles. The van der Waals surface area contributed by atoms with Gasteiger partial charge in [0.2, 0.25) is 10.0 Å². The minimum absolute atomic E-state index is 0.393. The lowest BCUT2D eigenvalue weighted by molar-refractivity contribution is 0.427. The zero-order valence-electron chi connectivity index (χ0n) is 11.1. The molecule has 0 saturated heterocycles. The first-order valence-corrected chi connectivity index (χ1v) is 8.04. The van der Waals surface area contributed by atoms with Gasteiger partial charge in [0, 0.05) is 19.0 Å². The fraction of sp³-hybridized carbons (Fsp3) is 0.538. The van der Waals surface area contributed by atoms with E-state index in [0.29, 0.717) is 30.3 Å². The van der Waals surface area contributed by atoms with Crippen LogP contribution in [0.25, 0.3) is 0 Å². The number of hydrogen-bond acceptors (Lipinski definition) is 2. The average molecular weight is 290 g/mol. The molecule has 0 bridgehead atoms. The third-order valence-electron chi connectivity index (χ3n) is 2.84. The van der Waals surface area contributed by atoms with Crippen molar-refractivity contribution in [3.05, 3.63) is 29.3 Å². The van der Waals surface area contributed by atoms with Crippen LogP contribution < -0.4 is 0 Å². The Kier molecular flexibility index (Phi) is 5.63. The van der Waals surface area contributed by atoms with Crippen LogP contribution in [0.3, 0.4) is 0 Å². The normalized spacial score (nSPS) is 12.1. The number of benzene rings is 1. The summed E-state index contributed by atoms with van der Waals surface area (Å²) >= 11 is 5.63. The van der Waals surface area contributed by atoms with E-state index >= 15 is 0 Å². The first-order valence-electron chi connectivity index (χ1n) is 6.06. The van der Waals surface area contributed by atoms with Crippen LogP contribution in [0.5, 0.6) is 0 Å². The summed E-state index contributed by atoms with van der Waals surface area (Å²) in [6.45, 7) is 6.56. The Hall–Kier alpha value is -0.580. The van der Waals surface area contributed by atoms with Crippen LogP contribution in [-0.2, 0) is 10.0 Å². The number of sulfonamides is 1. The second kappa shape index (κ2) is 6.55. The molecule has 1 aromatic carbocycles. The van der Waals surface area contributed by atoms with Crippen molar-refractivity contribution in [3.8, 4) is 0 Å². The maximum Gasteiger partial charge on any atom is 0.243 e. The highest BCUT2D eigenvalue weighted by molar-refractivity contribution is 7.89. The molecule has 0 saturated carbocycles. The Labute approximate surface area is 115 Å². The molecular formula is C13H20ClNO2S. The Morgan fingerprint density at radius 2 is 1.94 bits per heavy atom. The van der Waals surface area contributed by atoms with Crippen molar-refractivity contribution < 1.29 is 8.42 Å². The summed E-state index contributed by atoms with van der Waals surface area (Å²) in [7, 11) is -3.40. The van der Waals surface area contributed by atoms with E-state index in [2.05, 4.69) is 0 Å². The standard InChI is InChI=1S/C13H20ClNO2S/c1-4-15(9-5-8-14)18(16,17)13-7-6-11(2)10-12(13)3/h6-7,10H,4-5,8-9H2,1-3H3. The summed E-state index contributed by atoms with van der Waals surface area (Å²) in [6.07, 6.45) is 0.666. The van der Waals surface area contributed by atoms with E-state index in [-0.39, 0.29) is 0 Å². The molecule has 0 aliphatic heterocycles. The highest BCUT2D eigenvalue weighted by Crippen LogP contribution is 2.21. The molecule has 0 amide bonds. The van der Waals surface area contributed by atoms with Crippen LogP contribution in [0.1, 0.15) is 24.5 Å². The fourth-order valence-electron chi connectivity index (χ4n) is 1.91. The maximum atomic E-state index is 12.5. The van der Waals surface area contributed by atoms with Gasteiger partial charge in [0.15, 0.2) is 0 Å². The smallest absolute Gasteiger partial charge is 0.207 e. The Balaban J connectivity index is 3.10. The lowest BCUT2D eigenvalue weighted by atomic mass is 10.2. The van der Waals surface area contributed by atoms with E-state index in [1.807, 2.05) is 32.9 Å². The van der Waals surface area contributed by atoms with Gasteiger partial charge in [0.05, 0.1) is 4.90 Å². The van der Waals surface area contributed by atoms with Gasteiger partial charge in [-0.1, -0.05) is 24.6 Å². The summed E-state index contributed by atoms with van der Waals surface area (Å²) in [5.41, 5.74) is 1.86. The van der Waals surface area contributed by atoms with Crippen molar-refractivity contribution in [1.29, 1.82) is 0 Å².